The maximum absolute atomic E-state index is 5.71. The normalized spacial score (nSPS) is 10.7. The molecule has 96 valence electrons. The van der Waals surface area contributed by atoms with Crippen molar-refractivity contribution in [1.82, 2.24) is 19.5 Å². The number of nitrogens with two attached hydrogens (primary N) is 3. The predicted molar refractivity (Wildman–Crippen MR) is 69.6 cm³/mol. The zero-order chi connectivity index (χ0) is 13.0. The fourth-order valence-electron chi connectivity index (χ4n) is 1.66. The van der Waals surface area contributed by atoms with Crippen LogP contribution in [0.2, 0.25) is 0 Å². The van der Waals surface area contributed by atoms with E-state index in [2.05, 4.69) is 19.9 Å². The minimum absolute atomic E-state index is 0.128. The molecular formula is C10H16N8. The van der Waals surface area contributed by atoms with E-state index in [-0.39, 0.29) is 5.96 Å². The molecule has 0 aliphatic heterocycles. The molecule has 8 nitrogen and oxygen atoms in total. The van der Waals surface area contributed by atoms with Crippen LogP contribution in [0.1, 0.15) is 12.8 Å². The Kier molecular flexibility index (Phi) is 3.56. The first-order chi connectivity index (χ1) is 8.68. The van der Waals surface area contributed by atoms with E-state index in [9.17, 15) is 0 Å². The Morgan fingerprint density at radius 1 is 1.22 bits per heavy atom. The summed E-state index contributed by atoms with van der Waals surface area (Å²) in [7, 11) is 0. The lowest BCUT2D eigenvalue weighted by molar-refractivity contribution is 0.623. The third kappa shape index (κ3) is 2.65. The van der Waals surface area contributed by atoms with Crippen LogP contribution in [0.4, 0.5) is 5.82 Å². The van der Waals surface area contributed by atoms with Crippen molar-refractivity contribution in [2.24, 2.45) is 16.5 Å². The number of fused-ring (bicyclic) bond motifs is 1. The number of anilines is 1. The number of hydrogen-bond donors (Lipinski definition) is 3. The zero-order valence-electron chi connectivity index (χ0n) is 9.95. The molecule has 0 amide bonds. The van der Waals surface area contributed by atoms with Crippen LogP contribution in [0, 0.1) is 0 Å². The third-order valence-corrected chi connectivity index (χ3v) is 2.53. The minimum Gasteiger partial charge on any atom is -0.382 e. The fourth-order valence-corrected chi connectivity index (χ4v) is 1.66. The van der Waals surface area contributed by atoms with E-state index in [1.165, 1.54) is 6.33 Å². The van der Waals surface area contributed by atoms with Gasteiger partial charge in [-0.05, 0) is 12.8 Å². The first-order valence-electron chi connectivity index (χ1n) is 5.65. The van der Waals surface area contributed by atoms with E-state index in [0.29, 0.717) is 17.9 Å². The van der Waals surface area contributed by atoms with Crippen molar-refractivity contribution < 1.29 is 0 Å². The summed E-state index contributed by atoms with van der Waals surface area (Å²) in [5.41, 5.74) is 17.6. The number of rotatable bonds is 5. The first-order valence-corrected chi connectivity index (χ1v) is 5.65. The Hall–Kier alpha value is -2.38. The lowest BCUT2D eigenvalue weighted by Gasteiger charge is -2.02. The molecule has 0 aliphatic rings. The topological polar surface area (TPSA) is 134 Å². The van der Waals surface area contributed by atoms with Crippen LogP contribution in [0.3, 0.4) is 0 Å². The molecule has 6 N–H and O–H groups in total. The lowest BCUT2D eigenvalue weighted by Crippen LogP contribution is -2.22. The molecule has 0 saturated carbocycles. The minimum atomic E-state index is 0.128. The van der Waals surface area contributed by atoms with Gasteiger partial charge in [0, 0.05) is 13.1 Å². The molecule has 2 aromatic rings. The fraction of sp³-hybridized carbons (Fsp3) is 0.400. The van der Waals surface area contributed by atoms with Gasteiger partial charge in [-0.3, -0.25) is 4.99 Å². The van der Waals surface area contributed by atoms with Gasteiger partial charge >= 0.3 is 0 Å². The van der Waals surface area contributed by atoms with E-state index in [1.807, 2.05) is 4.57 Å². The average molecular weight is 248 g/mol. The maximum Gasteiger partial charge on any atom is 0.185 e. The van der Waals surface area contributed by atoms with Gasteiger partial charge in [-0.25, -0.2) is 15.0 Å². The molecule has 2 aromatic heterocycles. The van der Waals surface area contributed by atoms with E-state index in [4.69, 9.17) is 17.2 Å². The van der Waals surface area contributed by atoms with Crippen molar-refractivity contribution in [3.8, 4) is 0 Å². The second kappa shape index (κ2) is 5.30. The second-order valence-electron chi connectivity index (χ2n) is 3.88. The first kappa shape index (κ1) is 12.1. The summed E-state index contributed by atoms with van der Waals surface area (Å²) < 4.78 is 1.95. The highest BCUT2D eigenvalue weighted by Crippen LogP contribution is 2.14. The van der Waals surface area contributed by atoms with E-state index >= 15 is 0 Å². The summed E-state index contributed by atoms with van der Waals surface area (Å²) in [5.74, 6) is 0.530. The molecule has 0 aromatic carbocycles. The molecular weight excluding hydrogens is 232 g/mol. The Morgan fingerprint density at radius 2 is 2.06 bits per heavy atom. The number of nitrogens with zero attached hydrogens (tertiary/aromatic N) is 5. The lowest BCUT2D eigenvalue weighted by atomic mass is 10.3. The van der Waals surface area contributed by atoms with Gasteiger partial charge in [-0.15, -0.1) is 0 Å². The molecule has 0 atom stereocenters. The Bertz CT molecular complexity index is 554. The average Bonchev–Trinajstić information content (AvgIpc) is 2.73. The number of hydrogen-bond acceptors (Lipinski definition) is 5. The van der Waals surface area contributed by atoms with Crippen molar-refractivity contribution in [1.29, 1.82) is 0 Å². The highest BCUT2D eigenvalue weighted by Gasteiger charge is 2.06. The van der Waals surface area contributed by atoms with Gasteiger partial charge in [-0.2, -0.15) is 0 Å². The van der Waals surface area contributed by atoms with Crippen molar-refractivity contribution in [3.63, 3.8) is 0 Å². The van der Waals surface area contributed by atoms with E-state index < -0.39 is 0 Å². The van der Waals surface area contributed by atoms with Crippen LogP contribution in [0.5, 0.6) is 0 Å². The molecule has 8 heteroatoms. The molecule has 2 rings (SSSR count). The van der Waals surface area contributed by atoms with Crippen LogP contribution in [-0.4, -0.2) is 32.0 Å². The van der Waals surface area contributed by atoms with Gasteiger partial charge in [0.2, 0.25) is 0 Å². The number of imidazole rings is 1. The third-order valence-electron chi connectivity index (χ3n) is 2.53. The highest BCUT2D eigenvalue weighted by atomic mass is 15.1. The molecule has 0 fully saturated rings. The van der Waals surface area contributed by atoms with Crippen LogP contribution >= 0.6 is 0 Å². The quantitative estimate of drug-likeness (QED) is 0.369. The largest absolute Gasteiger partial charge is 0.382 e. The molecule has 0 bridgehead atoms. The SMILES string of the molecule is NC(N)=NCCCCn1cnc2c(N)ncnc21. The predicted octanol–water partition coefficient (Wildman–Crippen LogP) is -0.538. The standard InChI is InChI=1S/C10H16N8/c11-8-7-9(16-5-15-8)18(6-17-7)4-2-1-3-14-10(12)13/h5-6H,1-4H2,(H2,11,15,16)(H4,12,13,14). The Balaban J connectivity index is 1.96. The number of aryl methyl sites for hydroxylation is 1. The summed E-state index contributed by atoms with van der Waals surface area (Å²) >= 11 is 0. The van der Waals surface area contributed by atoms with Crippen molar-refractivity contribution >= 4 is 22.9 Å². The number of guanidine groups is 1. The van der Waals surface area contributed by atoms with E-state index in [0.717, 1.165) is 25.0 Å². The molecule has 0 aliphatic carbocycles. The summed E-state index contributed by atoms with van der Waals surface area (Å²) in [6.07, 6.45) is 5.00. The van der Waals surface area contributed by atoms with Crippen molar-refractivity contribution in [3.05, 3.63) is 12.7 Å². The number of nitrogen functional groups attached to an aromatic ring is 1. The molecule has 18 heavy (non-hydrogen) atoms. The van der Waals surface area contributed by atoms with Crippen LogP contribution < -0.4 is 17.2 Å². The Morgan fingerprint density at radius 3 is 2.83 bits per heavy atom. The van der Waals surface area contributed by atoms with E-state index in [1.54, 1.807) is 6.33 Å². The molecule has 0 spiro atoms. The molecule has 0 radical (unpaired) electrons. The summed E-state index contributed by atoms with van der Waals surface area (Å²) in [6.45, 7) is 1.43. The van der Waals surface area contributed by atoms with Crippen LogP contribution in [0.25, 0.3) is 11.2 Å². The van der Waals surface area contributed by atoms with Gasteiger partial charge < -0.3 is 21.8 Å². The smallest absolute Gasteiger partial charge is 0.185 e. The maximum atomic E-state index is 5.71. The van der Waals surface area contributed by atoms with Crippen molar-refractivity contribution in [2.45, 2.75) is 19.4 Å². The van der Waals surface area contributed by atoms with Gasteiger partial charge in [0.15, 0.2) is 17.4 Å². The number of aromatic nitrogens is 4. The molecule has 0 unspecified atom stereocenters. The zero-order valence-corrected chi connectivity index (χ0v) is 9.95. The van der Waals surface area contributed by atoms with Gasteiger partial charge in [-0.1, -0.05) is 0 Å². The van der Waals surface area contributed by atoms with Crippen LogP contribution in [-0.2, 0) is 6.54 Å². The van der Waals surface area contributed by atoms with Crippen molar-refractivity contribution in [2.75, 3.05) is 12.3 Å². The molecule has 2 heterocycles. The Labute approximate surface area is 104 Å². The molecule has 0 saturated heterocycles. The van der Waals surface area contributed by atoms with Gasteiger partial charge in [0.05, 0.1) is 6.33 Å². The monoisotopic (exact) mass is 248 g/mol. The summed E-state index contributed by atoms with van der Waals surface area (Å²) in [6, 6.07) is 0. The summed E-state index contributed by atoms with van der Waals surface area (Å²) in [5, 5.41) is 0. The highest BCUT2D eigenvalue weighted by molar-refractivity contribution is 5.81. The summed E-state index contributed by atoms with van der Waals surface area (Å²) in [4.78, 5) is 16.2. The van der Waals surface area contributed by atoms with Crippen LogP contribution in [0.15, 0.2) is 17.6 Å². The second-order valence-corrected chi connectivity index (χ2v) is 3.88. The number of unbranched alkanes of at least 4 members (excludes halogenated alkanes) is 1. The number of aliphatic imine (C=N–C) groups is 1. The van der Waals surface area contributed by atoms with Gasteiger partial charge in [0.1, 0.15) is 11.8 Å². The van der Waals surface area contributed by atoms with Gasteiger partial charge in [0.25, 0.3) is 0 Å².